The van der Waals surface area contributed by atoms with Crippen molar-refractivity contribution in [2.75, 3.05) is 27.3 Å². The number of aromatic nitrogens is 1. The van der Waals surface area contributed by atoms with Crippen LogP contribution in [-0.2, 0) is 17.8 Å². The van der Waals surface area contributed by atoms with E-state index in [0.717, 1.165) is 16.0 Å². The van der Waals surface area contributed by atoms with Gasteiger partial charge in [-0.25, -0.2) is 13.8 Å². The largest absolute Gasteiger partial charge is 0.493 e. The number of rotatable bonds is 10. The Morgan fingerprint density at radius 2 is 1.78 bits per heavy atom. The molecule has 3 aromatic rings. The minimum absolute atomic E-state index is 0.0903. The number of carbonyl (C=O) groups excluding carboxylic acids is 3. The van der Waals surface area contributed by atoms with Crippen LogP contribution in [0.3, 0.4) is 0 Å². The Bertz CT molecular complexity index is 1470. The molecule has 1 atom stereocenters. The summed E-state index contributed by atoms with van der Waals surface area (Å²) in [4.78, 5) is 42.4. The number of amides is 3. The van der Waals surface area contributed by atoms with E-state index in [1.807, 2.05) is 6.07 Å². The summed E-state index contributed by atoms with van der Waals surface area (Å²) in [7, 11) is 3.09. The van der Waals surface area contributed by atoms with Gasteiger partial charge >= 0.3 is 0 Å². The summed E-state index contributed by atoms with van der Waals surface area (Å²) in [6.45, 7) is -1.06. The summed E-state index contributed by atoms with van der Waals surface area (Å²) >= 11 is 1.25. The van der Waals surface area contributed by atoms with Gasteiger partial charge in [-0.15, -0.1) is 11.3 Å². The van der Waals surface area contributed by atoms with E-state index in [9.17, 15) is 23.2 Å². The molecule has 0 radical (unpaired) electrons. The zero-order valence-corrected chi connectivity index (χ0v) is 23.1. The molecule has 10 nitrogen and oxygen atoms in total. The van der Waals surface area contributed by atoms with Crippen LogP contribution < -0.4 is 20.1 Å². The van der Waals surface area contributed by atoms with Crippen LogP contribution in [0.25, 0.3) is 0 Å². The number of likely N-dealkylation sites (tertiary alicyclic amines) is 1. The van der Waals surface area contributed by atoms with Crippen molar-refractivity contribution < 1.29 is 32.6 Å². The van der Waals surface area contributed by atoms with Crippen molar-refractivity contribution >= 4 is 29.1 Å². The molecule has 0 spiro atoms. The van der Waals surface area contributed by atoms with Crippen LogP contribution in [-0.4, -0.2) is 66.9 Å². The standard InChI is InChI=1S/C28H27F2N5O5S/c1-39-22-8-5-18(9-23(22)40-2)13-32-26(37)19-6-3-17(4-7-19)10-24-34-21(15-41-24)27(38)33-14-25(36)35-16-28(29,30)11-20(35)12-31/h3-9,15,20H,10-11,13-14,16H2,1-2H3,(H,32,37)(H,33,38)/t20-/m0/s1. The highest BCUT2D eigenvalue weighted by Crippen LogP contribution is 2.31. The van der Waals surface area contributed by atoms with Crippen molar-refractivity contribution in [3.63, 3.8) is 0 Å². The number of methoxy groups -OCH3 is 2. The third-order valence-electron chi connectivity index (χ3n) is 6.40. The van der Waals surface area contributed by atoms with E-state index in [-0.39, 0.29) is 11.6 Å². The Kier molecular flexibility index (Phi) is 9.14. The molecular formula is C28H27F2N5O5S. The highest BCUT2D eigenvalue weighted by molar-refractivity contribution is 7.09. The molecule has 1 fully saturated rings. The fourth-order valence-corrected chi connectivity index (χ4v) is 5.07. The molecule has 2 N–H and O–H groups in total. The third-order valence-corrected chi connectivity index (χ3v) is 7.25. The number of thiazole rings is 1. The van der Waals surface area contributed by atoms with Gasteiger partial charge in [0.1, 0.15) is 11.7 Å². The number of hydrogen-bond acceptors (Lipinski definition) is 8. The van der Waals surface area contributed by atoms with E-state index >= 15 is 0 Å². The van der Waals surface area contributed by atoms with Gasteiger partial charge in [-0.3, -0.25) is 14.4 Å². The van der Waals surface area contributed by atoms with Crippen molar-refractivity contribution in [1.29, 1.82) is 5.26 Å². The van der Waals surface area contributed by atoms with Crippen molar-refractivity contribution in [3.05, 3.63) is 75.2 Å². The molecule has 0 saturated carbocycles. The normalized spacial score (nSPS) is 15.6. The third kappa shape index (κ3) is 7.34. The predicted molar refractivity (Wildman–Crippen MR) is 145 cm³/mol. The summed E-state index contributed by atoms with van der Waals surface area (Å²) in [6.07, 6.45) is -0.305. The summed E-state index contributed by atoms with van der Waals surface area (Å²) in [5.41, 5.74) is 2.29. The maximum Gasteiger partial charge on any atom is 0.271 e. The monoisotopic (exact) mass is 583 g/mol. The van der Waals surface area contributed by atoms with E-state index in [2.05, 4.69) is 15.6 Å². The maximum absolute atomic E-state index is 13.6. The highest BCUT2D eigenvalue weighted by Gasteiger charge is 2.47. The first-order valence-electron chi connectivity index (χ1n) is 12.5. The Labute approximate surface area is 238 Å². The SMILES string of the molecule is COc1ccc(CNC(=O)c2ccc(Cc3nc(C(=O)NCC(=O)N4CC(F)(F)C[C@H]4C#N)cs3)cc2)cc1OC. The van der Waals surface area contributed by atoms with Gasteiger partial charge in [-0.1, -0.05) is 18.2 Å². The van der Waals surface area contributed by atoms with E-state index in [0.29, 0.717) is 35.0 Å². The smallest absolute Gasteiger partial charge is 0.271 e. The maximum atomic E-state index is 13.6. The highest BCUT2D eigenvalue weighted by atomic mass is 32.1. The molecule has 1 aliphatic rings. The van der Waals surface area contributed by atoms with Gasteiger partial charge in [0.05, 0.1) is 38.4 Å². The van der Waals surface area contributed by atoms with Crippen molar-refractivity contribution in [2.45, 2.75) is 31.4 Å². The van der Waals surface area contributed by atoms with Gasteiger partial charge in [0.2, 0.25) is 5.91 Å². The topological polar surface area (TPSA) is 134 Å². The average Bonchev–Trinajstić information content (AvgIpc) is 3.57. The minimum atomic E-state index is -3.13. The second-order valence-electron chi connectivity index (χ2n) is 9.28. The van der Waals surface area contributed by atoms with Crippen molar-refractivity contribution in [1.82, 2.24) is 20.5 Å². The van der Waals surface area contributed by atoms with Gasteiger partial charge in [-0.2, -0.15) is 5.26 Å². The second-order valence-corrected chi connectivity index (χ2v) is 10.2. The summed E-state index contributed by atoms with van der Waals surface area (Å²) in [6, 6.07) is 12.9. The molecule has 41 heavy (non-hydrogen) atoms. The molecule has 0 unspecified atom stereocenters. The second kappa shape index (κ2) is 12.7. The fourth-order valence-electron chi connectivity index (χ4n) is 4.26. The first-order chi connectivity index (χ1) is 19.6. The quantitative estimate of drug-likeness (QED) is 0.375. The first-order valence-corrected chi connectivity index (χ1v) is 13.4. The van der Waals surface area contributed by atoms with Gasteiger partial charge in [0.25, 0.3) is 17.7 Å². The molecule has 2 aromatic carbocycles. The summed E-state index contributed by atoms with van der Waals surface area (Å²) in [5.74, 6) is -3.58. The lowest BCUT2D eigenvalue weighted by atomic mass is 10.1. The lowest BCUT2D eigenvalue weighted by Gasteiger charge is -2.19. The molecule has 13 heteroatoms. The Morgan fingerprint density at radius 3 is 2.46 bits per heavy atom. The van der Waals surface area contributed by atoms with E-state index in [1.165, 1.54) is 16.7 Å². The first kappa shape index (κ1) is 29.4. The number of halogens is 2. The number of ether oxygens (including phenoxy) is 2. The lowest BCUT2D eigenvalue weighted by molar-refractivity contribution is -0.131. The fraction of sp³-hybridized carbons (Fsp3) is 0.321. The van der Waals surface area contributed by atoms with Crippen LogP contribution in [0.4, 0.5) is 8.78 Å². The molecule has 1 aliphatic heterocycles. The van der Waals surface area contributed by atoms with Crippen molar-refractivity contribution in [3.8, 4) is 17.6 Å². The Hall–Kier alpha value is -4.57. The number of hydrogen-bond donors (Lipinski definition) is 2. The molecule has 2 heterocycles. The zero-order valence-electron chi connectivity index (χ0n) is 22.3. The lowest BCUT2D eigenvalue weighted by Crippen LogP contribution is -2.43. The molecular weight excluding hydrogens is 556 g/mol. The molecule has 1 saturated heterocycles. The average molecular weight is 584 g/mol. The summed E-state index contributed by atoms with van der Waals surface area (Å²) < 4.78 is 37.7. The number of nitriles is 1. The molecule has 0 aliphatic carbocycles. The van der Waals surface area contributed by atoms with Gasteiger partial charge in [-0.05, 0) is 35.4 Å². The molecule has 1 aromatic heterocycles. The molecule has 4 rings (SSSR count). The Morgan fingerprint density at radius 1 is 1.07 bits per heavy atom. The predicted octanol–water partition coefficient (Wildman–Crippen LogP) is 3.17. The summed E-state index contributed by atoms with van der Waals surface area (Å²) in [5, 5.41) is 16.5. The number of carbonyl (C=O) groups is 3. The number of nitrogens with zero attached hydrogens (tertiary/aromatic N) is 3. The van der Waals surface area contributed by atoms with Crippen LogP contribution in [0, 0.1) is 11.3 Å². The van der Waals surface area contributed by atoms with Gasteiger partial charge in [0.15, 0.2) is 11.5 Å². The van der Waals surface area contributed by atoms with Crippen LogP contribution in [0.15, 0.2) is 47.8 Å². The van der Waals surface area contributed by atoms with Crippen LogP contribution in [0.2, 0.25) is 0 Å². The van der Waals surface area contributed by atoms with Crippen molar-refractivity contribution in [2.24, 2.45) is 0 Å². The minimum Gasteiger partial charge on any atom is -0.493 e. The van der Waals surface area contributed by atoms with Gasteiger partial charge < -0.3 is 25.0 Å². The van der Waals surface area contributed by atoms with Gasteiger partial charge in [0, 0.05) is 30.3 Å². The van der Waals surface area contributed by atoms with Crippen LogP contribution in [0.1, 0.15) is 43.4 Å². The van der Waals surface area contributed by atoms with E-state index in [4.69, 9.17) is 14.7 Å². The van der Waals surface area contributed by atoms with E-state index in [1.54, 1.807) is 56.7 Å². The van der Waals surface area contributed by atoms with Crippen LogP contribution in [0.5, 0.6) is 11.5 Å². The molecule has 214 valence electrons. The van der Waals surface area contributed by atoms with Crippen LogP contribution >= 0.6 is 11.3 Å². The number of nitrogens with one attached hydrogen (secondary N) is 2. The zero-order chi connectivity index (χ0) is 29.6. The number of benzene rings is 2. The number of alkyl halides is 2. The Balaban J connectivity index is 1.27. The van der Waals surface area contributed by atoms with E-state index < -0.39 is 43.3 Å². The molecule has 0 bridgehead atoms. The molecule has 3 amide bonds.